The number of ether oxygens (including phenoxy) is 1. The molecule has 2 aromatic rings. The first-order valence-corrected chi connectivity index (χ1v) is 9.18. The van der Waals surface area contributed by atoms with Crippen molar-refractivity contribution in [2.24, 2.45) is 18.7 Å². The third-order valence-corrected chi connectivity index (χ3v) is 5.39. The van der Waals surface area contributed by atoms with Crippen LogP contribution in [0.25, 0.3) is 0 Å². The van der Waals surface area contributed by atoms with Crippen LogP contribution in [0, 0.1) is 12.8 Å². The van der Waals surface area contributed by atoms with E-state index in [1.807, 2.05) is 26.2 Å². The molecule has 4 rings (SSSR count). The van der Waals surface area contributed by atoms with Crippen molar-refractivity contribution in [2.75, 3.05) is 30.0 Å². The lowest BCUT2D eigenvalue weighted by Gasteiger charge is -2.30. The molecule has 1 saturated heterocycles. The summed E-state index contributed by atoms with van der Waals surface area (Å²) in [5, 5.41) is 3.63. The van der Waals surface area contributed by atoms with Crippen molar-refractivity contribution in [3.63, 3.8) is 0 Å². The van der Waals surface area contributed by atoms with E-state index in [1.54, 1.807) is 4.57 Å². The lowest BCUT2D eigenvalue weighted by Crippen LogP contribution is -2.34. The van der Waals surface area contributed by atoms with Gasteiger partial charge < -0.3 is 25.3 Å². The number of benzene rings is 1. The molecular formula is C20H26N4O2. The average Bonchev–Trinajstić information content (AvgIpc) is 3.27. The van der Waals surface area contributed by atoms with Gasteiger partial charge in [-0.2, -0.15) is 0 Å². The molecule has 26 heavy (non-hydrogen) atoms. The van der Waals surface area contributed by atoms with E-state index >= 15 is 0 Å². The zero-order valence-electron chi connectivity index (χ0n) is 15.4. The first kappa shape index (κ1) is 17.1. The third-order valence-electron chi connectivity index (χ3n) is 5.39. The minimum atomic E-state index is 0.00382. The van der Waals surface area contributed by atoms with Crippen LogP contribution in [-0.4, -0.2) is 24.3 Å². The highest BCUT2D eigenvalue weighted by molar-refractivity contribution is 5.77. The normalized spacial score (nSPS) is 21.7. The Morgan fingerprint density at radius 3 is 2.88 bits per heavy atom. The SMILES string of the molecule is Cc1cc(C2Nc3ccc(CN)cc3N2CC2CCOC2)cn(C)c1=O. The number of fused-ring (bicyclic) bond motifs is 1. The highest BCUT2D eigenvalue weighted by Gasteiger charge is 2.33. The molecule has 0 aliphatic carbocycles. The third kappa shape index (κ3) is 2.99. The van der Waals surface area contributed by atoms with Gasteiger partial charge >= 0.3 is 0 Å². The number of hydrogen-bond donors (Lipinski definition) is 2. The molecule has 0 spiro atoms. The van der Waals surface area contributed by atoms with Crippen LogP contribution in [0.5, 0.6) is 0 Å². The lowest BCUT2D eigenvalue weighted by atomic mass is 10.1. The van der Waals surface area contributed by atoms with E-state index in [0.717, 1.165) is 48.6 Å². The highest BCUT2D eigenvalue weighted by atomic mass is 16.5. The zero-order chi connectivity index (χ0) is 18.3. The van der Waals surface area contributed by atoms with Crippen LogP contribution in [0.15, 0.2) is 35.3 Å². The van der Waals surface area contributed by atoms with Gasteiger partial charge in [-0.3, -0.25) is 4.79 Å². The predicted octanol–water partition coefficient (Wildman–Crippen LogP) is 2.12. The molecule has 1 aromatic heterocycles. The topological polar surface area (TPSA) is 72.5 Å². The van der Waals surface area contributed by atoms with Gasteiger partial charge in [0.25, 0.3) is 5.56 Å². The molecule has 2 aliphatic heterocycles. The maximum absolute atomic E-state index is 12.1. The fraction of sp³-hybridized carbons (Fsp3) is 0.450. The molecule has 0 radical (unpaired) electrons. The Morgan fingerprint density at radius 1 is 1.35 bits per heavy atom. The summed E-state index contributed by atoms with van der Waals surface area (Å²) >= 11 is 0. The second kappa shape index (κ2) is 6.78. The Labute approximate surface area is 153 Å². The Morgan fingerprint density at radius 2 is 2.19 bits per heavy atom. The van der Waals surface area contributed by atoms with Crippen LogP contribution >= 0.6 is 0 Å². The maximum atomic E-state index is 12.1. The Balaban J connectivity index is 1.74. The average molecular weight is 354 g/mol. The van der Waals surface area contributed by atoms with E-state index in [1.165, 1.54) is 5.69 Å². The number of rotatable bonds is 4. The van der Waals surface area contributed by atoms with E-state index < -0.39 is 0 Å². The summed E-state index contributed by atoms with van der Waals surface area (Å²) in [6.07, 6.45) is 3.02. The fourth-order valence-electron chi connectivity index (χ4n) is 3.96. The van der Waals surface area contributed by atoms with E-state index in [4.69, 9.17) is 10.5 Å². The minimum absolute atomic E-state index is 0.00382. The van der Waals surface area contributed by atoms with Gasteiger partial charge in [0.1, 0.15) is 6.17 Å². The number of anilines is 2. The Hall–Kier alpha value is -2.31. The monoisotopic (exact) mass is 354 g/mol. The van der Waals surface area contributed by atoms with Crippen molar-refractivity contribution < 1.29 is 4.74 Å². The molecule has 1 aromatic carbocycles. The largest absolute Gasteiger partial charge is 0.381 e. The van der Waals surface area contributed by atoms with Gasteiger partial charge in [0, 0.05) is 50.0 Å². The number of hydrogen-bond acceptors (Lipinski definition) is 5. The highest BCUT2D eigenvalue weighted by Crippen LogP contribution is 2.42. The standard InChI is InChI=1S/C20H26N4O2/c1-13-7-16(11-23(2)20(13)25)19-22-17-4-3-14(9-21)8-18(17)24(19)10-15-5-6-26-12-15/h3-4,7-8,11,15,19,22H,5-6,9-10,12,21H2,1-2H3. The molecule has 0 saturated carbocycles. The molecule has 138 valence electrons. The number of nitrogens with zero attached hydrogens (tertiary/aromatic N) is 2. The maximum Gasteiger partial charge on any atom is 0.253 e. The number of nitrogens with one attached hydrogen (secondary N) is 1. The van der Waals surface area contributed by atoms with Gasteiger partial charge in [0.15, 0.2) is 0 Å². The number of pyridine rings is 1. The summed E-state index contributed by atoms with van der Waals surface area (Å²) in [4.78, 5) is 14.5. The van der Waals surface area contributed by atoms with E-state index in [2.05, 4.69) is 28.4 Å². The summed E-state index contributed by atoms with van der Waals surface area (Å²) in [6, 6.07) is 8.34. The fourth-order valence-corrected chi connectivity index (χ4v) is 3.96. The molecule has 6 nitrogen and oxygen atoms in total. The molecule has 3 N–H and O–H groups in total. The molecule has 0 amide bonds. The summed E-state index contributed by atoms with van der Waals surface area (Å²) < 4.78 is 7.25. The van der Waals surface area contributed by atoms with Gasteiger partial charge in [-0.05, 0) is 37.1 Å². The van der Waals surface area contributed by atoms with Crippen LogP contribution < -0.4 is 21.5 Å². The van der Waals surface area contributed by atoms with E-state index in [-0.39, 0.29) is 11.7 Å². The molecule has 2 aliphatic rings. The number of aromatic nitrogens is 1. The second-order valence-corrected chi connectivity index (χ2v) is 7.36. The zero-order valence-corrected chi connectivity index (χ0v) is 15.4. The molecule has 3 heterocycles. The van der Waals surface area contributed by atoms with Crippen molar-refractivity contribution in [1.82, 2.24) is 4.57 Å². The second-order valence-electron chi connectivity index (χ2n) is 7.36. The van der Waals surface area contributed by atoms with E-state index in [9.17, 15) is 4.79 Å². The van der Waals surface area contributed by atoms with Crippen LogP contribution in [0.1, 0.15) is 29.3 Å². The van der Waals surface area contributed by atoms with E-state index in [0.29, 0.717) is 12.5 Å². The van der Waals surface area contributed by atoms with Crippen molar-refractivity contribution in [1.29, 1.82) is 0 Å². The minimum Gasteiger partial charge on any atom is -0.381 e. The smallest absolute Gasteiger partial charge is 0.253 e. The summed E-state index contributed by atoms with van der Waals surface area (Å²) in [6.45, 7) is 4.96. The molecule has 2 atom stereocenters. The Bertz CT molecular complexity index is 844. The number of nitrogens with two attached hydrogens (primary N) is 1. The summed E-state index contributed by atoms with van der Waals surface area (Å²) in [7, 11) is 1.81. The lowest BCUT2D eigenvalue weighted by molar-refractivity contribution is 0.186. The van der Waals surface area contributed by atoms with Crippen LogP contribution in [-0.2, 0) is 18.3 Å². The molecule has 1 fully saturated rings. The quantitative estimate of drug-likeness (QED) is 0.880. The molecule has 6 heteroatoms. The van der Waals surface area contributed by atoms with Crippen molar-refractivity contribution >= 4 is 11.4 Å². The number of aryl methyl sites for hydroxylation is 2. The van der Waals surface area contributed by atoms with Crippen LogP contribution in [0.4, 0.5) is 11.4 Å². The van der Waals surface area contributed by atoms with Gasteiger partial charge in [0.05, 0.1) is 18.0 Å². The predicted molar refractivity (Wildman–Crippen MR) is 103 cm³/mol. The first-order valence-electron chi connectivity index (χ1n) is 9.18. The molecule has 2 unspecified atom stereocenters. The molecule has 0 bridgehead atoms. The molecular weight excluding hydrogens is 328 g/mol. The van der Waals surface area contributed by atoms with Gasteiger partial charge in [-0.15, -0.1) is 0 Å². The summed E-state index contributed by atoms with van der Waals surface area (Å²) in [5.41, 5.74) is 11.2. The summed E-state index contributed by atoms with van der Waals surface area (Å²) in [5.74, 6) is 0.514. The Kier molecular flexibility index (Phi) is 4.46. The van der Waals surface area contributed by atoms with Crippen molar-refractivity contribution in [2.45, 2.75) is 26.1 Å². The van der Waals surface area contributed by atoms with Gasteiger partial charge in [-0.1, -0.05) is 6.07 Å². The van der Waals surface area contributed by atoms with Crippen molar-refractivity contribution in [3.05, 3.63) is 57.5 Å². The van der Waals surface area contributed by atoms with Crippen molar-refractivity contribution in [3.8, 4) is 0 Å². The van der Waals surface area contributed by atoms with Crippen LogP contribution in [0.3, 0.4) is 0 Å². The van der Waals surface area contributed by atoms with Gasteiger partial charge in [0.2, 0.25) is 0 Å². The first-order chi connectivity index (χ1) is 12.6. The van der Waals surface area contributed by atoms with Gasteiger partial charge in [-0.25, -0.2) is 0 Å². The van der Waals surface area contributed by atoms with Crippen LogP contribution in [0.2, 0.25) is 0 Å².